The maximum absolute atomic E-state index is 12.5. The zero-order valence-corrected chi connectivity index (χ0v) is 16.9. The molecule has 28 heavy (non-hydrogen) atoms. The van der Waals surface area contributed by atoms with E-state index in [1.165, 1.54) is 0 Å². The summed E-state index contributed by atoms with van der Waals surface area (Å²) in [4.78, 5) is 24.6. The lowest BCUT2D eigenvalue weighted by atomic mass is 10.1. The van der Waals surface area contributed by atoms with Crippen LogP contribution in [0.15, 0.2) is 30.3 Å². The Hall–Kier alpha value is -2.16. The van der Waals surface area contributed by atoms with Crippen LogP contribution in [-0.4, -0.2) is 68.3 Å². The van der Waals surface area contributed by atoms with Gasteiger partial charge in [-0.2, -0.15) is 0 Å². The summed E-state index contributed by atoms with van der Waals surface area (Å²) in [5, 5.41) is 14.0. The Morgan fingerprint density at radius 2 is 1.68 bits per heavy atom. The highest BCUT2D eigenvalue weighted by Gasteiger charge is 2.24. The minimum Gasteiger partial charge on any atom is -0.444 e. The normalized spacial score (nSPS) is 12.3. The molecule has 1 rings (SSSR count). The molecule has 0 saturated carbocycles. The zero-order valence-electron chi connectivity index (χ0n) is 16.9. The van der Waals surface area contributed by atoms with E-state index in [0.717, 1.165) is 5.56 Å². The first kappa shape index (κ1) is 23.9. The first-order valence-electron chi connectivity index (χ1n) is 9.39. The smallest absolute Gasteiger partial charge is 0.408 e. The van der Waals surface area contributed by atoms with E-state index in [0.29, 0.717) is 32.8 Å². The van der Waals surface area contributed by atoms with Gasteiger partial charge in [0.1, 0.15) is 11.6 Å². The summed E-state index contributed by atoms with van der Waals surface area (Å²) < 4.78 is 15.7. The van der Waals surface area contributed by atoms with Crippen molar-refractivity contribution in [2.75, 3.05) is 39.6 Å². The van der Waals surface area contributed by atoms with E-state index in [1.807, 2.05) is 30.3 Å². The van der Waals surface area contributed by atoms with Gasteiger partial charge >= 0.3 is 6.09 Å². The van der Waals surface area contributed by atoms with E-state index >= 15 is 0 Å². The van der Waals surface area contributed by atoms with Crippen molar-refractivity contribution in [2.24, 2.45) is 0 Å². The molecule has 1 atom stereocenters. The molecule has 0 spiro atoms. The van der Waals surface area contributed by atoms with E-state index in [4.69, 9.17) is 19.3 Å². The van der Waals surface area contributed by atoms with Gasteiger partial charge in [-0.3, -0.25) is 4.79 Å². The Labute approximate surface area is 166 Å². The maximum atomic E-state index is 12.5. The van der Waals surface area contributed by atoms with Crippen LogP contribution in [0.25, 0.3) is 0 Å². The summed E-state index contributed by atoms with van der Waals surface area (Å²) in [5.41, 5.74) is 0.278. The number of aliphatic hydroxyl groups is 1. The van der Waals surface area contributed by atoms with Crippen molar-refractivity contribution in [1.29, 1.82) is 0 Å². The number of alkyl carbamates (subject to hydrolysis) is 1. The van der Waals surface area contributed by atoms with E-state index in [2.05, 4.69) is 10.6 Å². The molecule has 0 aliphatic carbocycles. The molecule has 0 unspecified atom stereocenters. The lowest BCUT2D eigenvalue weighted by Crippen LogP contribution is -2.49. The van der Waals surface area contributed by atoms with Crippen molar-refractivity contribution < 1.29 is 28.9 Å². The highest BCUT2D eigenvalue weighted by Crippen LogP contribution is 2.08. The number of nitrogens with one attached hydrogen (secondary N) is 2. The SMILES string of the molecule is CC(C)(C)OC(=O)N[C@@H](Cc1ccccc1)C(=O)NCCOCCOCCO. The van der Waals surface area contributed by atoms with Crippen molar-refractivity contribution >= 4 is 12.0 Å². The second-order valence-electron chi connectivity index (χ2n) is 7.13. The van der Waals surface area contributed by atoms with Crippen LogP contribution in [0.2, 0.25) is 0 Å². The third kappa shape index (κ3) is 11.5. The maximum Gasteiger partial charge on any atom is 0.408 e. The van der Waals surface area contributed by atoms with Gasteiger partial charge in [-0.15, -0.1) is 0 Å². The van der Waals surface area contributed by atoms with E-state index in [-0.39, 0.29) is 19.1 Å². The summed E-state index contributed by atoms with van der Waals surface area (Å²) in [6, 6.07) is 8.68. The summed E-state index contributed by atoms with van der Waals surface area (Å²) in [6.07, 6.45) is -0.289. The monoisotopic (exact) mass is 396 g/mol. The molecular formula is C20H32N2O6. The van der Waals surface area contributed by atoms with Gasteiger partial charge in [0.2, 0.25) is 5.91 Å². The Kier molecular flexibility index (Phi) is 11.2. The highest BCUT2D eigenvalue weighted by atomic mass is 16.6. The first-order chi connectivity index (χ1) is 13.3. The summed E-state index contributed by atoms with van der Waals surface area (Å²) in [7, 11) is 0. The zero-order chi connectivity index (χ0) is 20.8. The second-order valence-corrected chi connectivity index (χ2v) is 7.13. The first-order valence-corrected chi connectivity index (χ1v) is 9.39. The number of carbonyl (C=O) groups excluding carboxylic acids is 2. The number of benzene rings is 1. The van der Waals surface area contributed by atoms with Crippen LogP contribution in [0.3, 0.4) is 0 Å². The number of ether oxygens (including phenoxy) is 3. The van der Waals surface area contributed by atoms with Crippen molar-refractivity contribution in [3.05, 3.63) is 35.9 Å². The molecule has 8 heteroatoms. The fourth-order valence-electron chi connectivity index (χ4n) is 2.27. The molecule has 0 aromatic heterocycles. The largest absolute Gasteiger partial charge is 0.444 e. The molecule has 0 bridgehead atoms. The molecule has 1 aromatic rings. The molecule has 0 radical (unpaired) electrons. The van der Waals surface area contributed by atoms with Crippen LogP contribution < -0.4 is 10.6 Å². The average molecular weight is 396 g/mol. The third-order valence-corrected chi connectivity index (χ3v) is 3.44. The standard InChI is InChI=1S/C20H32N2O6/c1-20(2,3)28-19(25)22-17(15-16-7-5-4-6-8-16)18(24)21-9-11-26-13-14-27-12-10-23/h4-8,17,23H,9-15H2,1-3H3,(H,21,24)(H,22,25)/t17-/m0/s1. The van der Waals surface area contributed by atoms with Gasteiger partial charge in [-0.25, -0.2) is 4.79 Å². The molecule has 1 aromatic carbocycles. The van der Waals surface area contributed by atoms with Gasteiger partial charge in [0, 0.05) is 13.0 Å². The van der Waals surface area contributed by atoms with E-state index in [9.17, 15) is 9.59 Å². The molecular weight excluding hydrogens is 364 g/mol. The van der Waals surface area contributed by atoms with Gasteiger partial charge in [-0.05, 0) is 26.3 Å². The fourth-order valence-corrected chi connectivity index (χ4v) is 2.27. The molecule has 158 valence electrons. The Balaban J connectivity index is 2.48. The van der Waals surface area contributed by atoms with Crippen molar-refractivity contribution in [1.82, 2.24) is 10.6 Å². The lowest BCUT2D eigenvalue weighted by molar-refractivity contribution is -0.123. The van der Waals surface area contributed by atoms with Crippen molar-refractivity contribution in [3.8, 4) is 0 Å². The van der Waals surface area contributed by atoms with Crippen LogP contribution >= 0.6 is 0 Å². The number of rotatable bonds is 12. The van der Waals surface area contributed by atoms with Gasteiger partial charge in [0.05, 0.1) is 33.0 Å². The highest BCUT2D eigenvalue weighted by molar-refractivity contribution is 5.86. The average Bonchev–Trinajstić information content (AvgIpc) is 2.62. The summed E-state index contributed by atoms with van der Waals surface area (Å²) >= 11 is 0. The quantitative estimate of drug-likeness (QED) is 0.460. The molecule has 0 saturated heterocycles. The Morgan fingerprint density at radius 1 is 1.04 bits per heavy atom. The molecule has 2 amide bonds. The molecule has 0 aliphatic rings. The van der Waals surface area contributed by atoms with Crippen LogP contribution in [0, 0.1) is 0 Å². The topological polar surface area (TPSA) is 106 Å². The Bertz CT molecular complexity index is 574. The predicted octanol–water partition coefficient (Wildman–Crippen LogP) is 1.26. The van der Waals surface area contributed by atoms with Crippen LogP contribution in [0.5, 0.6) is 0 Å². The lowest BCUT2D eigenvalue weighted by Gasteiger charge is -2.23. The minimum absolute atomic E-state index is 0.0243. The molecule has 0 fully saturated rings. The number of amides is 2. The molecule has 3 N–H and O–H groups in total. The van der Waals surface area contributed by atoms with Crippen LogP contribution in [0.4, 0.5) is 4.79 Å². The fraction of sp³-hybridized carbons (Fsp3) is 0.600. The second kappa shape index (κ2) is 13.1. The Morgan fingerprint density at radius 3 is 2.29 bits per heavy atom. The molecule has 8 nitrogen and oxygen atoms in total. The van der Waals surface area contributed by atoms with Gasteiger partial charge in [-0.1, -0.05) is 30.3 Å². The number of hydrogen-bond acceptors (Lipinski definition) is 6. The van der Waals surface area contributed by atoms with Gasteiger partial charge in [0.15, 0.2) is 0 Å². The van der Waals surface area contributed by atoms with Gasteiger partial charge < -0.3 is 30.0 Å². The van der Waals surface area contributed by atoms with Crippen LogP contribution in [0.1, 0.15) is 26.3 Å². The molecule has 0 aliphatic heterocycles. The number of carbonyl (C=O) groups is 2. The van der Waals surface area contributed by atoms with E-state index in [1.54, 1.807) is 20.8 Å². The summed E-state index contributed by atoms with van der Waals surface area (Å²) in [6.45, 7) is 6.92. The van der Waals surface area contributed by atoms with Crippen molar-refractivity contribution in [3.63, 3.8) is 0 Å². The number of aliphatic hydroxyl groups excluding tert-OH is 1. The minimum atomic E-state index is -0.759. The number of hydrogen-bond donors (Lipinski definition) is 3. The van der Waals surface area contributed by atoms with Crippen molar-refractivity contribution in [2.45, 2.75) is 38.8 Å². The predicted molar refractivity (Wildman–Crippen MR) is 105 cm³/mol. The van der Waals surface area contributed by atoms with Gasteiger partial charge in [0.25, 0.3) is 0 Å². The van der Waals surface area contributed by atoms with Crippen LogP contribution in [-0.2, 0) is 25.4 Å². The summed E-state index contributed by atoms with van der Waals surface area (Å²) in [5.74, 6) is -0.310. The van der Waals surface area contributed by atoms with E-state index < -0.39 is 17.7 Å². The molecule has 0 heterocycles. The third-order valence-electron chi connectivity index (χ3n) is 3.44.